The highest BCUT2D eigenvalue weighted by atomic mass is 32.2. The van der Waals surface area contributed by atoms with Crippen LogP contribution in [0.1, 0.15) is 16.8 Å². The minimum atomic E-state index is -0.160. The molecule has 1 N–H and O–H groups in total. The van der Waals surface area contributed by atoms with E-state index in [0.717, 1.165) is 28.2 Å². The lowest BCUT2D eigenvalue weighted by Crippen LogP contribution is -2.17. The van der Waals surface area contributed by atoms with Gasteiger partial charge in [-0.05, 0) is 55.5 Å². The predicted molar refractivity (Wildman–Crippen MR) is 116 cm³/mol. The molecule has 2 aromatic heterocycles. The standard InChI is InChI=1S/C21H21N7OS/c1-14-4-8-17(9-5-14)27-19(12-16(3)24-27)22-20(29)13-30-21-23-25-26-28(21)18-10-6-15(2)7-11-18/h4-12H,13H2,1-3H3,(H,22,29). The highest BCUT2D eigenvalue weighted by Crippen LogP contribution is 2.21. The van der Waals surface area contributed by atoms with E-state index < -0.39 is 0 Å². The van der Waals surface area contributed by atoms with Gasteiger partial charge in [0.25, 0.3) is 0 Å². The number of nitrogens with zero attached hydrogens (tertiary/aromatic N) is 6. The molecule has 0 aliphatic rings. The molecule has 4 aromatic rings. The number of carbonyl (C=O) groups is 1. The molecule has 4 rings (SSSR count). The van der Waals surface area contributed by atoms with Crippen molar-refractivity contribution in [3.05, 3.63) is 71.4 Å². The molecule has 0 bridgehead atoms. The molecule has 0 atom stereocenters. The first-order valence-electron chi connectivity index (χ1n) is 9.41. The van der Waals surface area contributed by atoms with Crippen molar-refractivity contribution in [2.24, 2.45) is 0 Å². The lowest BCUT2D eigenvalue weighted by atomic mass is 10.2. The maximum atomic E-state index is 12.6. The zero-order valence-corrected chi connectivity index (χ0v) is 17.7. The van der Waals surface area contributed by atoms with Crippen LogP contribution < -0.4 is 5.32 Å². The van der Waals surface area contributed by atoms with Gasteiger partial charge in [0, 0.05) is 6.07 Å². The summed E-state index contributed by atoms with van der Waals surface area (Å²) in [6.45, 7) is 5.94. The Morgan fingerprint density at radius 3 is 2.17 bits per heavy atom. The van der Waals surface area contributed by atoms with E-state index in [1.807, 2.05) is 75.4 Å². The molecule has 0 aliphatic carbocycles. The fraction of sp³-hybridized carbons (Fsp3) is 0.190. The third-order valence-corrected chi connectivity index (χ3v) is 5.35. The maximum absolute atomic E-state index is 12.6. The van der Waals surface area contributed by atoms with Crippen molar-refractivity contribution in [1.29, 1.82) is 0 Å². The summed E-state index contributed by atoms with van der Waals surface area (Å²) in [4.78, 5) is 12.6. The summed E-state index contributed by atoms with van der Waals surface area (Å²) < 4.78 is 3.35. The van der Waals surface area contributed by atoms with E-state index in [9.17, 15) is 4.79 Å². The topological polar surface area (TPSA) is 90.5 Å². The first-order chi connectivity index (χ1) is 14.5. The summed E-state index contributed by atoms with van der Waals surface area (Å²) in [6.07, 6.45) is 0. The minimum absolute atomic E-state index is 0.160. The Morgan fingerprint density at radius 2 is 1.53 bits per heavy atom. The Kier molecular flexibility index (Phi) is 5.62. The highest BCUT2D eigenvalue weighted by molar-refractivity contribution is 7.99. The molecule has 0 radical (unpaired) electrons. The second kappa shape index (κ2) is 8.50. The van der Waals surface area contributed by atoms with E-state index in [2.05, 4.69) is 25.9 Å². The van der Waals surface area contributed by atoms with E-state index >= 15 is 0 Å². The molecular formula is C21H21N7OS. The maximum Gasteiger partial charge on any atom is 0.236 e. The number of aryl methyl sites for hydroxylation is 3. The molecular weight excluding hydrogens is 398 g/mol. The average molecular weight is 420 g/mol. The van der Waals surface area contributed by atoms with Gasteiger partial charge in [-0.1, -0.05) is 47.2 Å². The lowest BCUT2D eigenvalue weighted by molar-refractivity contribution is -0.113. The summed E-state index contributed by atoms with van der Waals surface area (Å²) in [7, 11) is 0. The van der Waals surface area contributed by atoms with Crippen LogP contribution in [0.5, 0.6) is 0 Å². The van der Waals surface area contributed by atoms with Crippen LogP contribution >= 0.6 is 11.8 Å². The Balaban J connectivity index is 1.45. The van der Waals surface area contributed by atoms with Crippen molar-refractivity contribution in [1.82, 2.24) is 30.0 Å². The number of tetrazole rings is 1. The molecule has 9 heteroatoms. The smallest absolute Gasteiger partial charge is 0.236 e. The van der Waals surface area contributed by atoms with Crippen molar-refractivity contribution < 1.29 is 4.79 Å². The molecule has 0 spiro atoms. The van der Waals surface area contributed by atoms with E-state index in [4.69, 9.17) is 0 Å². The van der Waals surface area contributed by atoms with Gasteiger partial charge < -0.3 is 5.32 Å². The highest BCUT2D eigenvalue weighted by Gasteiger charge is 2.14. The van der Waals surface area contributed by atoms with Gasteiger partial charge in [0.15, 0.2) is 0 Å². The normalized spacial score (nSPS) is 10.9. The van der Waals surface area contributed by atoms with E-state index in [0.29, 0.717) is 11.0 Å². The van der Waals surface area contributed by atoms with Crippen LogP contribution in [0.3, 0.4) is 0 Å². The van der Waals surface area contributed by atoms with Crippen LogP contribution in [0.2, 0.25) is 0 Å². The number of thioether (sulfide) groups is 1. The Morgan fingerprint density at radius 1 is 0.933 bits per heavy atom. The second-order valence-corrected chi connectivity index (χ2v) is 7.91. The van der Waals surface area contributed by atoms with Gasteiger partial charge in [-0.3, -0.25) is 4.79 Å². The molecule has 2 aromatic carbocycles. The fourth-order valence-corrected chi connectivity index (χ4v) is 3.59. The molecule has 30 heavy (non-hydrogen) atoms. The molecule has 1 amide bonds. The van der Waals surface area contributed by atoms with E-state index in [-0.39, 0.29) is 11.7 Å². The number of rotatable bonds is 6. The summed E-state index contributed by atoms with van der Waals surface area (Å²) in [5, 5.41) is 19.8. The SMILES string of the molecule is Cc1ccc(-n2nc(C)cc2NC(=O)CSc2nnnn2-c2ccc(C)cc2)cc1. The monoisotopic (exact) mass is 419 g/mol. The van der Waals surface area contributed by atoms with Crippen LogP contribution in [-0.4, -0.2) is 41.6 Å². The number of aromatic nitrogens is 6. The number of amides is 1. The second-order valence-electron chi connectivity index (χ2n) is 6.96. The van der Waals surface area contributed by atoms with Crippen LogP contribution in [-0.2, 0) is 4.79 Å². The summed E-state index contributed by atoms with van der Waals surface area (Å²) in [6, 6.07) is 17.7. The molecule has 0 fully saturated rings. The van der Waals surface area contributed by atoms with E-state index in [1.54, 1.807) is 9.36 Å². The van der Waals surface area contributed by atoms with E-state index in [1.165, 1.54) is 11.8 Å². The molecule has 0 aliphatic heterocycles. The molecule has 0 saturated carbocycles. The number of nitrogens with one attached hydrogen (secondary N) is 1. The van der Waals surface area contributed by atoms with Gasteiger partial charge in [-0.25, -0.2) is 4.68 Å². The van der Waals surface area contributed by atoms with Crippen LogP contribution in [0.4, 0.5) is 5.82 Å². The van der Waals surface area contributed by atoms with Gasteiger partial charge in [-0.2, -0.15) is 9.78 Å². The van der Waals surface area contributed by atoms with Crippen molar-refractivity contribution in [2.75, 3.05) is 11.1 Å². The zero-order chi connectivity index (χ0) is 21.1. The fourth-order valence-electron chi connectivity index (χ4n) is 2.90. The Hall–Kier alpha value is -3.46. The predicted octanol–water partition coefficient (Wildman–Crippen LogP) is 3.50. The Bertz CT molecular complexity index is 1160. The van der Waals surface area contributed by atoms with Crippen molar-refractivity contribution in [3.63, 3.8) is 0 Å². The first kappa shape index (κ1) is 19.8. The number of anilines is 1. The van der Waals surface area contributed by atoms with Gasteiger partial charge >= 0.3 is 0 Å². The minimum Gasteiger partial charge on any atom is -0.310 e. The van der Waals surface area contributed by atoms with Gasteiger partial charge in [0.2, 0.25) is 11.1 Å². The first-order valence-corrected chi connectivity index (χ1v) is 10.4. The number of carbonyl (C=O) groups excluding carboxylic acids is 1. The zero-order valence-electron chi connectivity index (χ0n) is 16.9. The molecule has 8 nitrogen and oxygen atoms in total. The van der Waals surface area contributed by atoms with Crippen LogP contribution in [0.15, 0.2) is 59.8 Å². The van der Waals surface area contributed by atoms with Crippen molar-refractivity contribution >= 4 is 23.5 Å². The molecule has 0 saturated heterocycles. The summed E-state index contributed by atoms with van der Waals surface area (Å²) in [5.74, 6) is 0.636. The molecule has 2 heterocycles. The average Bonchev–Trinajstić information content (AvgIpc) is 3.34. The number of benzene rings is 2. The summed E-state index contributed by atoms with van der Waals surface area (Å²) >= 11 is 1.28. The number of hydrogen-bond acceptors (Lipinski definition) is 6. The van der Waals surface area contributed by atoms with Crippen molar-refractivity contribution in [3.8, 4) is 11.4 Å². The molecule has 0 unspecified atom stereocenters. The largest absolute Gasteiger partial charge is 0.310 e. The van der Waals surface area contributed by atoms with Crippen LogP contribution in [0, 0.1) is 20.8 Å². The van der Waals surface area contributed by atoms with Gasteiger partial charge in [-0.15, -0.1) is 5.10 Å². The third-order valence-electron chi connectivity index (χ3n) is 4.43. The van der Waals surface area contributed by atoms with Gasteiger partial charge in [0.05, 0.1) is 22.8 Å². The Labute approximate surface area is 178 Å². The van der Waals surface area contributed by atoms with Crippen LogP contribution in [0.25, 0.3) is 11.4 Å². The van der Waals surface area contributed by atoms with Crippen molar-refractivity contribution in [2.45, 2.75) is 25.9 Å². The quantitative estimate of drug-likeness (QED) is 0.481. The third kappa shape index (κ3) is 4.41. The lowest BCUT2D eigenvalue weighted by Gasteiger charge is -2.09. The molecule has 152 valence electrons. The van der Waals surface area contributed by atoms with Gasteiger partial charge in [0.1, 0.15) is 5.82 Å². The number of hydrogen-bond donors (Lipinski definition) is 1. The summed E-state index contributed by atoms with van der Waals surface area (Å²) in [5.41, 5.74) is 4.88.